The van der Waals surface area contributed by atoms with Crippen LogP contribution < -0.4 is 30.5 Å². The van der Waals surface area contributed by atoms with E-state index in [-0.39, 0.29) is 0 Å². The lowest BCUT2D eigenvalue weighted by Gasteiger charge is -2.36. The molecule has 0 radical (unpaired) electrons. The summed E-state index contributed by atoms with van der Waals surface area (Å²) in [6, 6.07) is 128. The molecule has 0 atom stereocenters. The predicted octanol–water partition coefficient (Wildman–Crippen LogP) is 23.2. The topological polar surface area (TPSA) is 32.8 Å². The Labute approximate surface area is 576 Å². The molecule has 2 aromatic heterocycles. The van der Waals surface area contributed by atoms with E-state index in [1.54, 1.807) is 0 Å². The van der Waals surface area contributed by atoms with Gasteiger partial charge in [-0.1, -0.05) is 281 Å². The highest BCUT2D eigenvalue weighted by molar-refractivity contribution is 7.20. The number of hydrogen-bond donors (Lipinski definition) is 0. The third-order valence-corrected chi connectivity index (χ3v) is 26.1. The summed E-state index contributed by atoms with van der Waals surface area (Å²) in [5.41, 5.74) is 19.7. The van der Waals surface area contributed by atoms with E-state index in [0.29, 0.717) is 0 Å². The van der Waals surface area contributed by atoms with Crippen LogP contribution in [0.2, 0.25) is 0 Å². The third-order valence-electron chi connectivity index (χ3n) is 21.2. The van der Waals surface area contributed by atoms with E-state index < -0.39 is 13.5 Å². The van der Waals surface area contributed by atoms with Crippen molar-refractivity contribution < 1.29 is 8.83 Å². The van der Waals surface area contributed by atoms with E-state index in [2.05, 4.69) is 376 Å². The molecule has 2 heterocycles. The summed E-state index contributed by atoms with van der Waals surface area (Å²) in [6.07, 6.45) is 0. The standard InChI is InChI=1S/C94H66N2O2Si/c1-61-27-13-18-38-74(61)66-55-81-77-41-21-24-44-88(77)97-92(81)86(57-66)95(68-49-47-62-28-14-16-30-64(62)53-68)70-51-52-80-83(59-70)94(2,3)84-60-85(76-40-19-20-43-79(76)91(80)84)96(69-50-48-63-29-15-17-31-65(63)54-69)87-58-67(56-82-78-42-22-25-45-89(78)98-93(82)87)75-39-23-26-46-90(75)99(71-32-7-4-8-33-71,72-34-9-5-10-35-72)73-36-11-6-12-37-73/h4-60H,1-3H3. The first-order valence-corrected chi connectivity index (χ1v) is 36.3. The molecule has 0 amide bonds. The Morgan fingerprint density at radius 3 is 1.30 bits per heavy atom. The lowest BCUT2D eigenvalue weighted by molar-refractivity contribution is 0.660. The maximum absolute atomic E-state index is 7.36. The third kappa shape index (κ3) is 9.19. The van der Waals surface area contributed by atoms with Crippen LogP contribution in [0, 0.1) is 6.92 Å². The number of para-hydroxylation sites is 2. The fraction of sp³-hybridized carbons (Fsp3) is 0.0426. The summed E-state index contributed by atoms with van der Waals surface area (Å²) in [7, 11) is -3.08. The van der Waals surface area contributed by atoms with Gasteiger partial charge >= 0.3 is 0 Å². The van der Waals surface area contributed by atoms with E-state index in [0.717, 1.165) is 105 Å². The van der Waals surface area contributed by atoms with Gasteiger partial charge in [-0.25, -0.2) is 0 Å². The number of hydrogen-bond acceptors (Lipinski definition) is 4. The first-order chi connectivity index (χ1) is 48.8. The molecule has 0 aliphatic heterocycles. The van der Waals surface area contributed by atoms with Gasteiger partial charge in [0.1, 0.15) is 11.2 Å². The highest BCUT2D eigenvalue weighted by Gasteiger charge is 2.44. The van der Waals surface area contributed by atoms with Gasteiger partial charge in [0.25, 0.3) is 0 Å². The van der Waals surface area contributed by atoms with Crippen LogP contribution in [0.5, 0.6) is 0 Å². The summed E-state index contributed by atoms with van der Waals surface area (Å²) in [6.45, 7) is 7.06. The minimum Gasteiger partial charge on any atom is -0.454 e. The minimum absolute atomic E-state index is 0.503. The van der Waals surface area contributed by atoms with Crippen LogP contribution in [0.3, 0.4) is 0 Å². The fourth-order valence-electron chi connectivity index (χ4n) is 16.6. The second kappa shape index (κ2) is 23.0. The number of benzene rings is 16. The van der Waals surface area contributed by atoms with Crippen molar-refractivity contribution in [1.29, 1.82) is 0 Å². The van der Waals surface area contributed by atoms with E-state index >= 15 is 0 Å². The van der Waals surface area contributed by atoms with Crippen LogP contribution in [0.15, 0.2) is 355 Å². The first-order valence-electron chi connectivity index (χ1n) is 34.3. The Balaban J connectivity index is 0.854. The van der Waals surface area contributed by atoms with E-state index in [1.165, 1.54) is 75.8 Å². The largest absolute Gasteiger partial charge is 0.454 e. The Morgan fingerprint density at radius 2 is 0.727 bits per heavy atom. The predicted molar refractivity (Wildman–Crippen MR) is 420 cm³/mol. The SMILES string of the molecule is Cc1ccccc1-c1cc(N(c2ccc3c(c2)C(C)(C)c2cc(N(c4ccc5ccccc5c4)c4cc(-c5ccccc5[Si](c5ccccc5)(c5ccccc5)c5ccccc5)cc5c4oc4ccccc45)c4ccccc4c2-3)c2ccc3ccccc3c2)c2oc3ccccc3c2c1. The van der Waals surface area contributed by atoms with Gasteiger partial charge in [0.2, 0.25) is 0 Å². The molecule has 0 bridgehead atoms. The molecule has 0 saturated heterocycles. The van der Waals surface area contributed by atoms with Gasteiger partial charge in [0, 0.05) is 49.4 Å². The van der Waals surface area contributed by atoms with Crippen molar-refractivity contribution >= 4 is 139 Å². The van der Waals surface area contributed by atoms with Crippen LogP contribution in [0.4, 0.5) is 34.1 Å². The number of furan rings is 2. The molecule has 0 saturated carbocycles. The Bertz CT molecular complexity index is 6150. The molecule has 0 N–H and O–H groups in total. The minimum atomic E-state index is -3.08. The lowest BCUT2D eigenvalue weighted by atomic mass is 9.81. The average molecular weight is 1280 g/mol. The Hall–Kier alpha value is -12.3. The van der Waals surface area contributed by atoms with E-state index in [4.69, 9.17) is 8.83 Å². The maximum Gasteiger partial charge on any atom is 0.180 e. The smallest absolute Gasteiger partial charge is 0.180 e. The summed E-state index contributed by atoms with van der Waals surface area (Å²) in [5.74, 6) is 0. The van der Waals surface area contributed by atoms with Crippen molar-refractivity contribution in [2.24, 2.45) is 0 Å². The number of nitrogens with zero attached hydrogens (tertiary/aromatic N) is 2. The van der Waals surface area contributed by atoms with E-state index in [9.17, 15) is 0 Å². The van der Waals surface area contributed by atoms with Gasteiger partial charge in [-0.2, -0.15) is 0 Å². The van der Waals surface area contributed by atoms with Crippen molar-refractivity contribution in [3.05, 3.63) is 362 Å². The zero-order valence-electron chi connectivity index (χ0n) is 55.1. The molecule has 19 rings (SSSR count). The van der Waals surface area contributed by atoms with Crippen molar-refractivity contribution in [3.63, 3.8) is 0 Å². The zero-order valence-corrected chi connectivity index (χ0v) is 56.1. The highest BCUT2D eigenvalue weighted by atomic mass is 28.3. The second-order valence-corrected chi connectivity index (χ2v) is 30.9. The molecule has 0 spiro atoms. The van der Waals surface area contributed by atoms with Gasteiger partial charge in [0.15, 0.2) is 19.2 Å². The normalized spacial score (nSPS) is 12.7. The summed E-state index contributed by atoms with van der Waals surface area (Å²) in [5, 5.41) is 16.5. The molecule has 16 aromatic carbocycles. The fourth-order valence-corrected chi connectivity index (χ4v) is 21.6. The van der Waals surface area contributed by atoms with Gasteiger partial charge in [-0.3, -0.25) is 0 Å². The molecule has 468 valence electrons. The van der Waals surface area contributed by atoms with Crippen molar-refractivity contribution in [3.8, 4) is 33.4 Å². The number of rotatable bonds is 12. The van der Waals surface area contributed by atoms with Crippen LogP contribution in [-0.4, -0.2) is 8.07 Å². The number of aryl methyl sites for hydroxylation is 1. The molecule has 0 unspecified atom stereocenters. The van der Waals surface area contributed by atoms with Crippen LogP contribution in [0.1, 0.15) is 30.5 Å². The molecular weight excluding hydrogens is 1220 g/mol. The summed E-state index contributed by atoms with van der Waals surface area (Å²) in [4.78, 5) is 4.97. The molecule has 0 fully saturated rings. The maximum atomic E-state index is 7.36. The Kier molecular flexibility index (Phi) is 13.5. The monoisotopic (exact) mass is 1280 g/mol. The lowest BCUT2D eigenvalue weighted by Crippen LogP contribution is -2.75. The molecule has 4 nitrogen and oxygen atoms in total. The molecule has 5 heteroatoms. The quantitative estimate of drug-likeness (QED) is 0.0901. The number of anilines is 6. The average Bonchev–Trinajstić information content (AvgIpc) is 1.64. The van der Waals surface area contributed by atoms with E-state index in [1.807, 2.05) is 0 Å². The number of fused-ring (bicyclic) bond motifs is 13. The molecule has 1 aliphatic carbocycles. The van der Waals surface area contributed by atoms with Gasteiger partial charge in [-0.05, 0) is 184 Å². The van der Waals surface area contributed by atoms with Crippen molar-refractivity contribution in [2.45, 2.75) is 26.2 Å². The molecule has 99 heavy (non-hydrogen) atoms. The molecular formula is C94H66N2O2Si. The molecule has 1 aliphatic rings. The van der Waals surface area contributed by atoms with Gasteiger partial charge in [-0.15, -0.1) is 0 Å². The summed E-state index contributed by atoms with van der Waals surface area (Å²) < 4.78 is 14.4. The van der Waals surface area contributed by atoms with Crippen LogP contribution in [-0.2, 0) is 5.41 Å². The van der Waals surface area contributed by atoms with Crippen LogP contribution >= 0.6 is 0 Å². The first kappa shape index (κ1) is 58.1. The van der Waals surface area contributed by atoms with Gasteiger partial charge < -0.3 is 18.6 Å². The Morgan fingerprint density at radius 1 is 0.293 bits per heavy atom. The van der Waals surface area contributed by atoms with Crippen molar-refractivity contribution in [1.82, 2.24) is 0 Å². The van der Waals surface area contributed by atoms with Crippen molar-refractivity contribution in [2.75, 3.05) is 9.80 Å². The van der Waals surface area contributed by atoms with Crippen LogP contribution in [0.25, 0.3) is 110 Å². The van der Waals surface area contributed by atoms with Gasteiger partial charge in [0.05, 0.1) is 17.1 Å². The molecule has 18 aromatic rings. The summed E-state index contributed by atoms with van der Waals surface area (Å²) >= 11 is 0. The zero-order chi connectivity index (χ0) is 65.9. The second-order valence-electron chi connectivity index (χ2n) is 27.1. The highest BCUT2D eigenvalue weighted by Crippen LogP contribution is 2.57.